The van der Waals surface area contributed by atoms with Gasteiger partial charge in [0.1, 0.15) is 11.4 Å². The molecule has 1 fully saturated rings. The quantitative estimate of drug-likeness (QED) is 0.772. The summed E-state index contributed by atoms with van der Waals surface area (Å²) in [6.45, 7) is 2.02. The first-order valence-corrected chi connectivity index (χ1v) is 7.16. The highest BCUT2D eigenvalue weighted by molar-refractivity contribution is 5.91. The lowest BCUT2D eigenvalue weighted by Crippen LogP contribution is -2.22. The minimum atomic E-state index is 0.425. The molecule has 1 aliphatic heterocycles. The molecular weight excluding hydrogens is 264 g/mol. The van der Waals surface area contributed by atoms with Gasteiger partial charge in [-0.1, -0.05) is 12.1 Å². The number of anilines is 1. The van der Waals surface area contributed by atoms with Gasteiger partial charge in [-0.15, -0.1) is 0 Å². The second-order valence-corrected chi connectivity index (χ2v) is 5.27. The third kappa shape index (κ3) is 2.36. The van der Waals surface area contributed by atoms with Gasteiger partial charge in [0, 0.05) is 23.5 Å². The normalized spacial score (nSPS) is 18.2. The lowest BCUT2D eigenvalue weighted by molar-refractivity contribution is 0.616. The molecule has 3 heterocycles. The Bertz CT molecular complexity index is 762. The molecule has 21 heavy (non-hydrogen) atoms. The van der Waals surface area contributed by atoms with Gasteiger partial charge in [-0.05, 0) is 25.1 Å². The summed E-state index contributed by atoms with van der Waals surface area (Å²) in [4.78, 5) is 8.98. The van der Waals surface area contributed by atoms with Crippen LogP contribution in [-0.4, -0.2) is 29.1 Å². The van der Waals surface area contributed by atoms with E-state index in [1.807, 2.05) is 24.3 Å². The first-order valence-electron chi connectivity index (χ1n) is 7.16. The van der Waals surface area contributed by atoms with Gasteiger partial charge < -0.3 is 15.1 Å². The van der Waals surface area contributed by atoms with Gasteiger partial charge in [0.25, 0.3) is 0 Å². The molecule has 0 saturated carbocycles. The maximum atomic E-state index is 5.58. The summed E-state index contributed by atoms with van der Waals surface area (Å²) >= 11 is 0. The Balaban J connectivity index is 1.70. The number of hydrogen-bond donors (Lipinski definition) is 2. The van der Waals surface area contributed by atoms with Gasteiger partial charge >= 0.3 is 0 Å². The van der Waals surface area contributed by atoms with Gasteiger partial charge in [-0.2, -0.15) is 0 Å². The van der Waals surface area contributed by atoms with Crippen molar-refractivity contribution in [1.82, 2.24) is 15.3 Å². The van der Waals surface area contributed by atoms with E-state index >= 15 is 0 Å². The zero-order valence-electron chi connectivity index (χ0n) is 11.5. The molecule has 0 bridgehead atoms. The van der Waals surface area contributed by atoms with Gasteiger partial charge in [-0.25, -0.2) is 4.98 Å². The molecule has 2 N–H and O–H groups in total. The van der Waals surface area contributed by atoms with Crippen LogP contribution in [-0.2, 0) is 0 Å². The molecule has 0 spiro atoms. The van der Waals surface area contributed by atoms with Crippen molar-refractivity contribution in [1.29, 1.82) is 0 Å². The van der Waals surface area contributed by atoms with Crippen LogP contribution < -0.4 is 10.6 Å². The smallest absolute Gasteiger partial charge is 0.145 e. The Hall–Kier alpha value is -2.40. The fraction of sp³-hybridized carbons (Fsp3) is 0.250. The molecule has 0 aliphatic carbocycles. The van der Waals surface area contributed by atoms with Crippen LogP contribution in [0.3, 0.4) is 0 Å². The summed E-state index contributed by atoms with van der Waals surface area (Å²) in [5.74, 6) is 0.810. The molecule has 1 unspecified atom stereocenters. The summed E-state index contributed by atoms with van der Waals surface area (Å²) in [6.07, 6.45) is 6.35. The van der Waals surface area contributed by atoms with Crippen molar-refractivity contribution in [2.75, 3.05) is 18.4 Å². The molecule has 1 aliphatic rings. The number of furan rings is 1. The predicted octanol–water partition coefficient (Wildman–Crippen LogP) is 2.66. The number of hydrogen-bond acceptors (Lipinski definition) is 5. The molecule has 0 radical (unpaired) electrons. The molecule has 1 saturated heterocycles. The number of aromatic nitrogens is 2. The lowest BCUT2D eigenvalue weighted by atomic mass is 10.1. The first-order chi connectivity index (χ1) is 10.4. The molecule has 5 nitrogen and oxygen atoms in total. The fourth-order valence-corrected chi connectivity index (χ4v) is 2.75. The van der Waals surface area contributed by atoms with E-state index < -0.39 is 0 Å². The first kappa shape index (κ1) is 12.3. The highest BCUT2D eigenvalue weighted by Crippen LogP contribution is 2.28. The molecule has 5 heteroatoms. The van der Waals surface area contributed by atoms with E-state index in [9.17, 15) is 0 Å². The summed E-state index contributed by atoms with van der Waals surface area (Å²) < 4.78 is 5.58. The van der Waals surface area contributed by atoms with Crippen molar-refractivity contribution in [2.45, 2.75) is 12.5 Å². The Morgan fingerprint density at radius 1 is 1.24 bits per heavy atom. The van der Waals surface area contributed by atoms with Crippen LogP contribution in [0.4, 0.5) is 5.82 Å². The van der Waals surface area contributed by atoms with Crippen LogP contribution in [0.5, 0.6) is 0 Å². The number of fused-ring (bicyclic) bond motifs is 1. The lowest BCUT2D eigenvalue weighted by Gasteiger charge is -2.12. The number of nitrogens with zero attached hydrogens (tertiary/aromatic N) is 2. The van der Waals surface area contributed by atoms with Crippen LogP contribution in [0.2, 0.25) is 0 Å². The van der Waals surface area contributed by atoms with Crippen LogP contribution in [0.25, 0.3) is 22.2 Å². The second kappa shape index (κ2) is 5.18. The standard InChI is InChI=1S/C16H16N4O/c1-2-11-5-7-21-16(11)13(3-1)14-9-18-10-15(20-14)19-12-4-6-17-8-12/h1-3,5,7,9-10,12,17H,4,6,8H2,(H,19,20). The van der Waals surface area contributed by atoms with Crippen LogP contribution in [0.15, 0.2) is 47.3 Å². The van der Waals surface area contributed by atoms with Gasteiger partial charge in [0.2, 0.25) is 0 Å². The largest absolute Gasteiger partial charge is 0.464 e. The Labute approximate surface area is 122 Å². The van der Waals surface area contributed by atoms with Gasteiger partial charge in [-0.3, -0.25) is 4.98 Å². The summed E-state index contributed by atoms with van der Waals surface area (Å²) in [6, 6.07) is 8.43. The molecule has 1 atom stereocenters. The Kier molecular flexibility index (Phi) is 3.05. The molecule has 1 aromatic carbocycles. The maximum absolute atomic E-state index is 5.58. The van der Waals surface area contributed by atoms with Crippen molar-refractivity contribution in [3.05, 3.63) is 42.9 Å². The molecule has 2 aromatic heterocycles. The average molecular weight is 280 g/mol. The third-order valence-corrected chi connectivity index (χ3v) is 3.80. The van der Waals surface area contributed by atoms with E-state index in [0.29, 0.717) is 6.04 Å². The summed E-state index contributed by atoms with van der Waals surface area (Å²) in [5.41, 5.74) is 2.65. The Morgan fingerprint density at radius 2 is 2.24 bits per heavy atom. The maximum Gasteiger partial charge on any atom is 0.145 e. The van der Waals surface area contributed by atoms with Gasteiger partial charge in [0.15, 0.2) is 0 Å². The van der Waals surface area contributed by atoms with E-state index in [0.717, 1.165) is 47.6 Å². The summed E-state index contributed by atoms with van der Waals surface area (Å²) in [5, 5.41) is 7.84. The zero-order chi connectivity index (χ0) is 14.1. The van der Waals surface area contributed by atoms with Crippen molar-refractivity contribution < 1.29 is 4.42 Å². The number of nitrogens with one attached hydrogen (secondary N) is 2. The predicted molar refractivity (Wildman–Crippen MR) is 82.1 cm³/mol. The van der Waals surface area contributed by atoms with Crippen LogP contribution in [0, 0.1) is 0 Å². The van der Waals surface area contributed by atoms with Crippen molar-refractivity contribution in [3.8, 4) is 11.3 Å². The number of rotatable bonds is 3. The topological polar surface area (TPSA) is 63.0 Å². The van der Waals surface area contributed by atoms with E-state index in [1.165, 1.54) is 0 Å². The molecular formula is C16H16N4O. The number of para-hydroxylation sites is 1. The zero-order valence-corrected chi connectivity index (χ0v) is 11.5. The van der Waals surface area contributed by atoms with E-state index in [2.05, 4.69) is 20.6 Å². The van der Waals surface area contributed by atoms with E-state index in [-0.39, 0.29) is 0 Å². The molecule has 4 rings (SSSR count). The van der Waals surface area contributed by atoms with Gasteiger partial charge in [0.05, 0.1) is 24.4 Å². The minimum absolute atomic E-state index is 0.425. The van der Waals surface area contributed by atoms with Crippen molar-refractivity contribution in [2.24, 2.45) is 0 Å². The summed E-state index contributed by atoms with van der Waals surface area (Å²) in [7, 11) is 0. The third-order valence-electron chi connectivity index (χ3n) is 3.80. The monoisotopic (exact) mass is 280 g/mol. The Morgan fingerprint density at radius 3 is 3.14 bits per heavy atom. The molecule has 0 amide bonds. The van der Waals surface area contributed by atoms with Crippen molar-refractivity contribution >= 4 is 16.8 Å². The number of benzene rings is 1. The SMILES string of the molecule is c1cc(-c2cncc(NC3CCNC3)n2)c2occc2c1. The molecule has 3 aromatic rings. The minimum Gasteiger partial charge on any atom is -0.464 e. The highest BCUT2D eigenvalue weighted by atomic mass is 16.3. The van der Waals surface area contributed by atoms with Crippen LogP contribution >= 0.6 is 0 Å². The fourth-order valence-electron chi connectivity index (χ4n) is 2.75. The van der Waals surface area contributed by atoms with Crippen LogP contribution in [0.1, 0.15) is 6.42 Å². The van der Waals surface area contributed by atoms with E-state index in [4.69, 9.17) is 4.42 Å². The molecule has 106 valence electrons. The van der Waals surface area contributed by atoms with E-state index in [1.54, 1.807) is 18.7 Å². The second-order valence-electron chi connectivity index (χ2n) is 5.27. The average Bonchev–Trinajstić information content (AvgIpc) is 3.18. The van der Waals surface area contributed by atoms with Crippen molar-refractivity contribution in [3.63, 3.8) is 0 Å². The highest BCUT2D eigenvalue weighted by Gasteiger charge is 2.15.